The largest absolute Gasteiger partial charge is 0.496 e. The number of methoxy groups -OCH3 is 1. The molecular weight excluding hydrogens is 665 g/mol. The quantitative estimate of drug-likeness (QED) is 0.257. The molecule has 1 fully saturated rings. The minimum absolute atomic E-state index is 0.0366. The Labute approximate surface area is 299 Å². The number of hydrogen-bond donors (Lipinski definition) is 2. The Morgan fingerprint density at radius 2 is 1.77 bits per heavy atom. The number of rotatable bonds is 3. The predicted octanol–water partition coefficient (Wildman–Crippen LogP) is 5.37. The van der Waals surface area contributed by atoms with Gasteiger partial charge < -0.3 is 29.7 Å². The zero-order valence-corrected chi connectivity index (χ0v) is 28.6. The molecule has 1 aromatic heterocycles. The van der Waals surface area contributed by atoms with Gasteiger partial charge in [0.15, 0.2) is 6.61 Å². The summed E-state index contributed by atoms with van der Waals surface area (Å²) in [4.78, 5) is 51.5. The first-order valence-electron chi connectivity index (χ1n) is 16.9. The number of hydrogen-bond acceptors (Lipinski definition) is 8. The highest BCUT2D eigenvalue weighted by atomic mass is 19.1. The molecule has 11 nitrogen and oxygen atoms in total. The van der Waals surface area contributed by atoms with Gasteiger partial charge in [-0.25, -0.2) is 14.4 Å². The first-order valence-corrected chi connectivity index (χ1v) is 16.9. The second kappa shape index (κ2) is 14.9. The Hall–Kier alpha value is -6.30. The number of piperidine rings is 1. The van der Waals surface area contributed by atoms with E-state index < -0.39 is 29.8 Å². The lowest BCUT2D eigenvalue weighted by Gasteiger charge is -2.39. The molecule has 52 heavy (non-hydrogen) atoms. The number of amides is 3. The van der Waals surface area contributed by atoms with Gasteiger partial charge in [-0.1, -0.05) is 42.5 Å². The summed E-state index contributed by atoms with van der Waals surface area (Å²) in [5, 5.41) is 5.86. The van der Waals surface area contributed by atoms with Crippen molar-refractivity contribution < 1.29 is 33.0 Å². The average molecular weight is 702 g/mol. The van der Waals surface area contributed by atoms with Crippen LogP contribution in [-0.4, -0.2) is 71.5 Å². The third kappa shape index (κ3) is 7.55. The number of aromatic nitrogens is 2. The van der Waals surface area contributed by atoms with Crippen LogP contribution in [0.15, 0.2) is 97.2 Å². The molecule has 2 N–H and O–H groups in total. The van der Waals surface area contributed by atoms with E-state index in [1.807, 2.05) is 36.4 Å². The number of fused-ring (bicyclic) bond motifs is 8. The SMILES string of the molecule is COc1ccc2cc1-c1cccc(c1)OCC(=O)NCc1cc(F)cc(c1)O[C@@H]1CCN(C(=O)c3cnc(C)nc3-c3ccccc3)C[C@H]1NC2=O. The number of carbonyl (C=O) groups excluding carboxylic acids is 3. The van der Waals surface area contributed by atoms with Crippen LogP contribution >= 0.6 is 0 Å². The summed E-state index contributed by atoms with van der Waals surface area (Å²) in [7, 11) is 1.54. The molecule has 0 spiro atoms. The molecule has 5 aromatic rings. The lowest BCUT2D eigenvalue weighted by atomic mass is 9.98. The first-order chi connectivity index (χ1) is 25.2. The van der Waals surface area contributed by atoms with Crippen molar-refractivity contribution in [3.05, 3.63) is 126 Å². The lowest BCUT2D eigenvalue weighted by molar-refractivity contribution is -0.123. The van der Waals surface area contributed by atoms with Crippen LogP contribution in [0.5, 0.6) is 17.2 Å². The maximum atomic E-state index is 14.9. The summed E-state index contributed by atoms with van der Waals surface area (Å²) in [6.45, 7) is 1.93. The zero-order valence-electron chi connectivity index (χ0n) is 28.6. The Morgan fingerprint density at radius 1 is 0.942 bits per heavy atom. The van der Waals surface area contributed by atoms with Gasteiger partial charge in [0.25, 0.3) is 17.7 Å². The van der Waals surface area contributed by atoms with Gasteiger partial charge in [-0.15, -0.1) is 0 Å². The number of benzene rings is 4. The minimum Gasteiger partial charge on any atom is -0.496 e. The fourth-order valence-electron chi connectivity index (χ4n) is 6.45. The van der Waals surface area contributed by atoms with E-state index in [-0.39, 0.29) is 31.4 Å². The van der Waals surface area contributed by atoms with Crippen LogP contribution in [0.4, 0.5) is 4.39 Å². The van der Waals surface area contributed by atoms with Crippen LogP contribution in [0.1, 0.15) is 38.5 Å². The van der Waals surface area contributed by atoms with Gasteiger partial charge in [0.1, 0.15) is 35.0 Å². The van der Waals surface area contributed by atoms with Crippen LogP contribution in [0.25, 0.3) is 22.4 Å². The summed E-state index contributed by atoms with van der Waals surface area (Å²) in [5.74, 6) is 0.0884. The summed E-state index contributed by atoms with van der Waals surface area (Å²) in [5.41, 5.74) is 3.79. The van der Waals surface area contributed by atoms with Crippen molar-refractivity contribution in [1.29, 1.82) is 0 Å². The van der Waals surface area contributed by atoms with Crippen molar-refractivity contribution in [3.8, 4) is 39.6 Å². The van der Waals surface area contributed by atoms with Gasteiger partial charge in [0, 0.05) is 55.0 Å². The summed E-state index contributed by atoms with van der Waals surface area (Å²) >= 11 is 0. The summed E-state index contributed by atoms with van der Waals surface area (Å²) < 4.78 is 32.6. The van der Waals surface area contributed by atoms with E-state index in [4.69, 9.17) is 14.2 Å². The third-order valence-electron chi connectivity index (χ3n) is 9.02. The standard InChI is InChI=1S/C40H36FN5O6/c1-24-42-21-33(38(44-24)26-7-4-3-5-8-26)40(49)46-14-13-36-34(22-46)45-39(48)28-11-12-35(50-2)32(18-28)27-9-6-10-30(17-27)51-23-37(47)43-20-25-15-29(41)19-31(16-25)52-36/h3-12,15-19,21,34,36H,13-14,20,22-23H2,1-2H3,(H,43,47)(H,45,48)/t34-,36-/m1/s1. The number of ether oxygens (including phenoxy) is 3. The molecule has 4 aromatic carbocycles. The Kier molecular flexibility index (Phi) is 9.79. The van der Waals surface area contributed by atoms with Crippen molar-refractivity contribution in [2.45, 2.75) is 32.0 Å². The van der Waals surface area contributed by atoms with Crippen LogP contribution < -0.4 is 24.8 Å². The zero-order chi connectivity index (χ0) is 36.2. The van der Waals surface area contributed by atoms with E-state index in [9.17, 15) is 18.8 Å². The van der Waals surface area contributed by atoms with Gasteiger partial charge >= 0.3 is 0 Å². The van der Waals surface area contributed by atoms with Crippen LogP contribution in [0, 0.1) is 12.7 Å². The molecule has 0 unspecified atom stereocenters. The highest BCUT2D eigenvalue weighted by Crippen LogP contribution is 2.33. The van der Waals surface area contributed by atoms with Crippen LogP contribution in [-0.2, 0) is 11.3 Å². The van der Waals surface area contributed by atoms with Gasteiger partial charge in [0.05, 0.1) is 24.4 Å². The highest BCUT2D eigenvalue weighted by molar-refractivity contribution is 6.00. The lowest BCUT2D eigenvalue weighted by Crippen LogP contribution is -2.58. The molecule has 2 atom stereocenters. The number of nitrogens with zero attached hydrogens (tertiary/aromatic N) is 3. The first kappa shape index (κ1) is 34.2. The number of nitrogens with one attached hydrogen (secondary N) is 2. The topological polar surface area (TPSA) is 132 Å². The van der Waals surface area contributed by atoms with Gasteiger partial charge in [-0.2, -0.15) is 0 Å². The highest BCUT2D eigenvalue weighted by Gasteiger charge is 2.36. The molecular formula is C40H36FN5O6. The summed E-state index contributed by atoms with van der Waals surface area (Å²) in [6.07, 6.45) is 1.22. The normalized spacial score (nSPS) is 17.5. The van der Waals surface area contributed by atoms with Crippen molar-refractivity contribution in [3.63, 3.8) is 0 Å². The van der Waals surface area contributed by atoms with Gasteiger partial charge in [0.2, 0.25) is 0 Å². The number of likely N-dealkylation sites (tertiary alicyclic amines) is 1. The third-order valence-corrected chi connectivity index (χ3v) is 9.02. The Bertz CT molecular complexity index is 2150. The number of carbonyl (C=O) groups is 3. The molecule has 1 saturated heterocycles. The maximum absolute atomic E-state index is 14.9. The van der Waals surface area contributed by atoms with E-state index in [0.717, 1.165) is 5.56 Å². The van der Waals surface area contributed by atoms with Crippen LogP contribution in [0.2, 0.25) is 0 Å². The second-order valence-corrected chi connectivity index (χ2v) is 12.6. The van der Waals surface area contributed by atoms with Crippen LogP contribution in [0.3, 0.4) is 0 Å². The van der Waals surface area contributed by atoms with E-state index >= 15 is 0 Å². The van der Waals surface area contributed by atoms with E-state index in [1.165, 1.54) is 18.3 Å². The molecule has 12 heteroatoms. The average Bonchev–Trinajstić information content (AvgIpc) is 3.16. The molecule has 6 bridgehead atoms. The smallest absolute Gasteiger partial charge is 0.258 e. The number of halogens is 1. The molecule has 264 valence electrons. The molecule has 0 saturated carbocycles. The van der Waals surface area contributed by atoms with Crippen molar-refractivity contribution in [1.82, 2.24) is 25.5 Å². The Balaban J connectivity index is 1.25. The van der Waals surface area contributed by atoms with Crippen molar-refractivity contribution in [2.75, 3.05) is 26.8 Å². The molecule has 3 heterocycles. The minimum atomic E-state index is -0.701. The number of aryl methyl sites for hydroxylation is 1. The second-order valence-electron chi connectivity index (χ2n) is 12.6. The van der Waals surface area contributed by atoms with Gasteiger partial charge in [-0.3, -0.25) is 14.4 Å². The van der Waals surface area contributed by atoms with Crippen molar-refractivity contribution >= 4 is 17.7 Å². The molecule has 0 radical (unpaired) electrons. The molecule has 2 aliphatic heterocycles. The van der Waals surface area contributed by atoms with Crippen molar-refractivity contribution in [2.24, 2.45) is 0 Å². The predicted molar refractivity (Wildman–Crippen MR) is 191 cm³/mol. The summed E-state index contributed by atoms with van der Waals surface area (Å²) in [6, 6.07) is 25.1. The van der Waals surface area contributed by atoms with E-state index in [0.29, 0.717) is 63.8 Å². The molecule has 2 aliphatic rings. The monoisotopic (exact) mass is 701 g/mol. The Morgan fingerprint density at radius 3 is 2.60 bits per heavy atom. The fraction of sp³-hybridized carbons (Fsp3) is 0.225. The van der Waals surface area contributed by atoms with Gasteiger partial charge in [-0.05, 0) is 60.5 Å². The fourth-order valence-corrected chi connectivity index (χ4v) is 6.45. The van der Waals surface area contributed by atoms with E-state index in [1.54, 1.807) is 61.4 Å². The maximum Gasteiger partial charge on any atom is 0.258 e. The molecule has 7 rings (SSSR count). The molecule has 0 aliphatic carbocycles. The van der Waals surface area contributed by atoms with E-state index in [2.05, 4.69) is 20.6 Å². The molecule has 3 amide bonds.